The van der Waals surface area contributed by atoms with Gasteiger partial charge in [-0.25, -0.2) is 0 Å². The number of rotatable bonds is 16. The molecule has 0 spiro atoms. The summed E-state index contributed by atoms with van der Waals surface area (Å²) >= 11 is -2.38. The number of hydrogen-bond acceptors (Lipinski definition) is 21. The van der Waals surface area contributed by atoms with E-state index in [9.17, 15) is 68.1 Å². The van der Waals surface area contributed by atoms with Gasteiger partial charge in [-0.05, 0) is 71.3 Å². The smallest absolute Gasteiger partial charge is 0.248 e. The standard InChI is InChI=1S/C39H54N10O14S.C20H21NO4.C10H15N5/c1-4-16(2)31-36(60)42-11-29(55)43-25-15-64(63)38-21(20-6-5-18(51)7-22(20)46-38)9-23(33(57)41-12-30(56)47-31)44-37(61)32(17(3)27(53)14-50)48-35(59)26-8-19(52)13-49(26)39(62)24(10-28(40)54)45-34(25)58;1-22-17-6-5-13(10-18(17)23-2)9-16-15-12-20(25-4)19(24-3)11-14(15)7-8-21-16;11-9(12)15-10(13)14-7-6-8-4-2-1-3-5-8/h5-7,16-17,19,23-27,31-32,46,50-53H,4,8-15H2,1-3H3,(H2,40,54)(H,41,57)(H,42,60)(H,43,55)(H,44,61)(H,45,58)(H,47,56)(H,48,59);5-8,10-12H,9H2,1-4H3;1-5H,6-7H2,(H6,11,12,13,14,15)/t16?,17?,19?,23-,24-,25-,26-,27-,31-,32-,64+;;/m0../s1. The van der Waals surface area contributed by atoms with Crippen molar-refractivity contribution in [1.29, 1.82) is 10.8 Å². The third-order valence-corrected chi connectivity index (χ3v) is 19.0. The summed E-state index contributed by atoms with van der Waals surface area (Å²) in [6.45, 7) is 2.40. The zero-order valence-corrected chi connectivity index (χ0v) is 59.2. The number of carbonyl (C=O) groups is 9. The van der Waals surface area contributed by atoms with Gasteiger partial charge >= 0.3 is 0 Å². The first-order valence-corrected chi connectivity index (χ1v) is 34.4. The van der Waals surface area contributed by atoms with E-state index in [1.54, 1.807) is 42.3 Å². The average molecular weight is 1460 g/mol. The molecule has 6 aromatic rings. The number of aromatic amines is 1. The molecule has 0 aliphatic carbocycles. The van der Waals surface area contributed by atoms with Gasteiger partial charge in [0.2, 0.25) is 58.2 Å². The van der Waals surface area contributed by atoms with Gasteiger partial charge in [0.05, 0.1) is 78.0 Å². The van der Waals surface area contributed by atoms with Gasteiger partial charge in [0, 0.05) is 78.0 Å². The van der Waals surface area contributed by atoms with Crippen molar-refractivity contribution in [3.63, 3.8) is 0 Å². The molecule has 11 atom stereocenters. The predicted octanol–water partition coefficient (Wildman–Crippen LogP) is -1.82. The lowest BCUT2D eigenvalue weighted by Crippen LogP contribution is -2.62. The van der Waals surface area contributed by atoms with Crippen molar-refractivity contribution in [1.82, 2.24) is 62.7 Å². The van der Waals surface area contributed by atoms with Crippen molar-refractivity contribution in [3.05, 3.63) is 114 Å². The summed E-state index contributed by atoms with van der Waals surface area (Å²) in [5.41, 5.74) is 14.1. The number of H-pyrrole nitrogens is 1. The number of carbonyl (C=O) groups excluding carboxylic acids is 9. The number of ether oxygens (including phenoxy) is 4. The Morgan fingerprint density at radius 1 is 0.750 bits per heavy atom. The van der Waals surface area contributed by atoms with Crippen LogP contribution in [-0.4, -0.2) is 220 Å². The molecule has 35 heteroatoms. The third kappa shape index (κ3) is 21.5. The molecule has 5 heterocycles. The Morgan fingerprint density at radius 2 is 1.41 bits per heavy atom. The van der Waals surface area contributed by atoms with Gasteiger partial charge < -0.3 is 108 Å². The van der Waals surface area contributed by atoms with Gasteiger partial charge in [-0.3, -0.25) is 64.3 Å². The maximum absolute atomic E-state index is 14.6. The van der Waals surface area contributed by atoms with Crippen LogP contribution in [0.15, 0.2) is 96.2 Å². The number of hydrogen-bond donors (Lipinski definition) is 18. The van der Waals surface area contributed by atoms with Gasteiger partial charge in [0.1, 0.15) is 41.7 Å². The molecule has 20 N–H and O–H groups in total. The Balaban J connectivity index is 0.000000304. The summed E-state index contributed by atoms with van der Waals surface area (Å²) in [4.78, 5) is 132. The number of guanidine groups is 2. The van der Waals surface area contributed by atoms with E-state index in [-0.39, 0.29) is 39.2 Å². The number of pyridine rings is 1. The van der Waals surface area contributed by atoms with Crippen LogP contribution in [0, 0.1) is 22.7 Å². The lowest BCUT2D eigenvalue weighted by molar-refractivity contribution is -0.144. The summed E-state index contributed by atoms with van der Waals surface area (Å²) in [5, 5.41) is 80.3. The van der Waals surface area contributed by atoms with Crippen LogP contribution < -0.4 is 78.3 Å². The van der Waals surface area contributed by atoms with E-state index in [1.165, 1.54) is 30.7 Å². The number of aromatic hydroxyl groups is 1. The zero-order valence-electron chi connectivity index (χ0n) is 58.4. The van der Waals surface area contributed by atoms with Gasteiger partial charge in [-0.15, -0.1) is 0 Å². The first-order valence-electron chi connectivity index (χ1n) is 33.1. The molecule has 4 aromatic carbocycles. The molecule has 1 fully saturated rings. The van der Waals surface area contributed by atoms with Crippen molar-refractivity contribution in [2.75, 3.05) is 67.0 Å². The molecule has 0 saturated carbocycles. The topological polar surface area (TPSA) is 534 Å². The minimum absolute atomic E-state index is 0.0541. The maximum Gasteiger partial charge on any atom is 0.248 e. The van der Waals surface area contributed by atoms with Crippen LogP contribution in [0.4, 0.5) is 0 Å². The van der Waals surface area contributed by atoms with Crippen LogP contribution >= 0.6 is 0 Å². The lowest BCUT2D eigenvalue weighted by atomic mass is 9.93. The number of phenolic OH excluding ortho intramolecular Hbond substituents is 1. The fraction of sp³-hybridized carbons (Fsp3) is 0.420. The number of amides is 9. The number of benzene rings is 4. The molecule has 34 nitrogen and oxygen atoms in total. The van der Waals surface area contributed by atoms with Crippen LogP contribution in [-0.2, 0) is 73.6 Å². The van der Waals surface area contributed by atoms with Crippen molar-refractivity contribution in [2.45, 2.75) is 113 Å². The predicted molar refractivity (Wildman–Crippen MR) is 380 cm³/mol. The Morgan fingerprint density at radius 3 is 2.07 bits per heavy atom. The van der Waals surface area contributed by atoms with Gasteiger partial charge in [-0.1, -0.05) is 63.6 Å². The highest BCUT2D eigenvalue weighted by molar-refractivity contribution is 7.91. The summed E-state index contributed by atoms with van der Waals surface area (Å²) in [6.07, 6.45) is -1.10. The summed E-state index contributed by atoms with van der Waals surface area (Å²) in [7, 11) is 6.53. The van der Waals surface area contributed by atoms with Crippen molar-refractivity contribution < 1.29 is 87.1 Å². The fourth-order valence-electron chi connectivity index (χ4n) is 11.7. The maximum atomic E-state index is 14.6. The molecule has 104 heavy (non-hydrogen) atoms. The van der Waals surface area contributed by atoms with E-state index in [1.807, 2.05) is 72.9 Å². The molecule has 3 aliphatic heterocycles. The van der Waals surface area contributed by atoms with Crippen LogP contribution in [0.3, 0.4) is 0 Å². The first kappa shape index (κ1) is 80.3. The highest BCUT2D eigenvalue weighted by atomic mass is 32.2. The third-order valence-electron chi connectivity index (χ3n) is 17.5. The molecule has 0 radical (unpaired) electrons. The van der Waals surface area contributed by atoms with Crippen LogP contribution in [0.2, 0.25) is 0 Å². The fourth-order valence-corrected chi connectivity index (χ4v) is 13.1. The van der Waals surface area contributed by atoms with Crippen molar-refractivity contribution in [2.24, 2.45) is 23.3 Å². The number of methoxy groups -OCH3 is 4. The molecule has 2 aromatic heterocycles. The highest BCUT2D eigenvalue weighted by Crippen LogP contribution is 2.36. The van der Waals surface area contributed by atoms with Crippen molar-refractivity contribution in [3.8, 4) is 28.7 Å². The first-order chi connectivity index (χ1) is 49.6. The molecule has 1 saturated heterocycles. The number of fused-ring (bicyclic) bond motifs is 6. The Bertz CT molecular complexity index is 4090. The van der Waals surface area contributed by atoms with E-state index in [0.717, 1.165) is 33.4 Å². The SMILES string of the molecule is CCC(C)[C@@H]1NC(=O)CNC(=O)[C@@H]2Cc3c([nH]c4cc(O)ccc34)[S@+]([O-])C[C@H](NC(=O)CNC1=O)C(=O)N[C@@H](CC(N)=O)C(=O)N1CC(O)C[C@H]1C(=O)N[C@@H](C(C)[C@@H](O)CO)C(=O)N2.COc1ccc(Cc2nccc3cc(OC)c(OC)cc23)cc1OC.N=C(N)NC(=N)NCCc1ccccc1. The summed E-state index contributed by atoms with van der Waals surface area (Å²) < 4.78 is 36.1. The van der Waals surface area contributed by atoms with Gasteiger partial charge in [-0.2, -0.15) is 0 Å². The van der Waals surface area contributed by atoms with E-state index in [4.69, 9.17) is 41.2 Å². The summed E-state index contributed by atoms with van der Waals surface area (Å²) in [6, 6.07) is 15.8. The lowest BCUT2D eigenvalue weighted by Gasteiger charge is -2.32. The number of aliphatic hydroxyl groups is 3. The monoisotopic (exact) mass is 1460 g/mol. The van der Waals surface area contributed by atoms with E-state index >= 15 is 0 Å². The molecule has 3 unspecified atom stereocenters. The molecule has 3 aliphatic rings. The second-order valence-electron chi connectivity index (χ2n) is 24.8. The Kier molecular flexibility index (Phi) is 29.2. The minimum Gasteiger partial charge on any atom is -0.610 e. The van der Waals surface area contributed by atoms with Crippen LogP contribution in [0.1, 0.15) is 62.4 Å². The quantitative estimate of drug-likeness (QED) is 0.0288. The van der Waals surface area contributed by atoms with Crippen LogP contribution in [0.25, 0.3) is 21.7 Å². The zero-order chi connectivity index (χ0) is 76.1. The van der Waals surface area contributed by atoms with E-state index < -0.39 is 176 Å². The number of nitrogens with two attached hydrogens (primary N) is 2. The largest absolute Gasteiger partial charge is 0.610 e. The average Bonchev–Trinajstić information content (AvgIpc) is 1.73. The van der Waals surface area contributed by atoms with Crippen molar-refractivity contribution >= 4 is 97.9 Å². The Hall–Kier alpha value is -11.0. The van der Waals surface area contributed by atoms with Gasteiger partial charge in [0.15, 0.2) is 41.0 Å². The van der Waals surface area contributed by atoms with E-state index in [2.05, 4.69) is 57.8 Å². The minimum atomic E-state index is -2.38. The molecular weight excluding hydrogens is 1370 g/mol. The Labute approximate surface area is 601 Å². The molecule has 9 rings (SSSR count). The van der Waals surface area contributed by atoms with E-state index in [0.29, 0.717) is 42.4 Å². The number of aliphatic hydroxyl groups excluding tert-OH is 3. The normalized spacial score (nSPS) is 21.4. The second kappa shape index (κ2) is 37.8. The number of primary amides is 1. The number of phenols is 1. The van der Waals surface area contributed by atoms with Gasteiger partial charge in [0.25, 0.3) is 0 Å². The number of aromatic nitrogens is 2. The van der Waals surface area contributed by atoms with Crippen LogP contribution in [0.5, 0.6) is 28.7 Å². The summed E-state index contributed by atoms with van der Waals surface area (Å²) in [5.74, 6) is -9.41. The molecule has 560 valence electrons. The number of nitrogens with one attached hydrogen (secondary N) is 12. The molecular formula is C69H90N16O18S. The molecule has 2 bridgehead atoms. The second-order valence-corrected chi connectivity index (χ2v) is 26.2. The number of nitrogens with zero attached hydrogens (tertiary/aromatic N) is 2. The highest BCUT2D eigenvalue weighted by Gasteiger charge is 2.45. The molecule has 9 amide bonds.